The Morgan fingerprint density at radius 1 is 1.03 bits per heavy atom. The summed E-state index contributed by atoms with van der Waals surface area (Å²) in [6, 6.07) is 24.5. The lowest BCUT2D eigenvalue weighted by atomic mass is 10.1. The Morgan fingerprint density at radius 2 is 1.83 bits per heavy atom. The summed E-state index contributed by atoms with van der Waals surface area (Å²) in [5.41, 5.74) is 3.36. The van der Waals surface area contributed by atoms with Gasteiger partial charge in [-0.2, -0.15) is 5.26 Å². The number of ether oxygens (including phenoxy) is 2. The number of carbonyl (C=O) groups is 1. The van der Waals surface area contributed by atoms with Crippen LogP contribution in [0.5, 0.6) is 11.5 Å². The van der Waals surface area contributed by atoms with Crippen molar-refractivity contribution in [3.63, 3.8) is 0 Å². The maximum Gasteiger partial charge on any atom is 0.266 e. The van der Waals surface area contributed by atoms with Gasteiger partial charge in [0.2, 0.25) is 0 Å². The molecular formula is C25H22N2O3. The number of anilines is 1. The number of nitrogens with zero attached hydrogens (tertiary/aromatic N) is 1. The first kappa shape index (κ1) is 20.7. The van der Waals surface area contributed by atoms with Gasteiger partial charge in [-0.15, -0.1) is 0 Å². The zero-order valence-corrected chi connectivity index (χ0v) is 16.9. The highest BCUT2D eigenvalue weighted by molar-refractivity contribution is 6.09. The van der Waals surface area contributed by atoms with E-state index in [1.807, 2.05) is 61.5 Å². The predicted molar refractivity (Wildman–Crippen MR) is 117 cm³/mol. The molecule has 3 aromatic carbocycles. The van der Waals surface area contributed by atoms with Crippen LogP contribution in [0, 0.1) is 18.3 Å². The molecule has 1 N–H and O–H groups in total. The monoisotopic (exact) mass is 398 g/mol. The zero-order valence-electron chi connectivity index (χ0n) is 16.9. The number of nitriles is 1. The molecule has 0 saturated heterocycles. The minimum Gasteiger partial charge on any atom is -0.493 e. The summed E-state index contributed by atoms with van der Waals surface area (Å²) < 4.78 is 11.3. The molecule has 5 heteroatoms. The number of nitrogens with one attached hydrogen (secondary N) is 1. The molecule has 0 fully saturated rings. The van der Waals surface area contributed by atoms with Gasteiger partial charge >= 0.3 is 0 Å². The topological polar surface area (TPSA) is 71.3 Å². The molecule has 5 nitrogen and oxygen atoms in total. The van der Waals surface area contributed by atoms with Gasteiger partial charge in [0.15, 0.2) is 11.5 Å². The summed E-state index contributed by atoms with van der Waals surface area (Å²) in [6.07, 6.45) is 1.52. The lowest BCUT2D eigenvalue weighted by Gasteiger charge is -2.11. The Morgan fingerprint density at radius 3 is 2.53 bits per heavy atom. The summed E-state index contributed by atoms with van der Waals surface area (Å²) in [5, 5.41) is 12.2. The molecule has 1 amide bonds. The Bertz CT molecular complexity index is 1100. The van der Waals surface area contributed by atoms with Crippen LogP contribution < -0.4 is 14.8 Å². The van der Waals surface area contributed by atoms with E-state index in [2.05, 4.69) is 5.32 Å². The number of hydrogen-bond acceptors (Lipinski definition) is 4. The van der Waals surface area contributed by atoms with Crippen molar-refractivity contribution in [2.75, 3.05) is 12.4 Å². The van der Waals surface area contributed by atoms with E-state index in [1.54, 1.807) is 31.4 Å². The molecule has 0 aliphatic heterocycles. The van der Waals surface area contributed by atoms with Gasteiger partial charge in [-0.25, -0.2) is 0 Å². The van der Waals surface area contributed by atoms with Crippen LogP contribution in [0.1, 0.15) is 16.7 Å². The van der Waals surface area contributed by atoms with Crippen molar-refractivity contribution in [2.45, 2.75) is 13.5 Å². The summed E-state index contributed by atoms with van der Waals surface area (Å²) in [7, 11) is 1.55. The van der Waals surface area contributed by atoms with Crippen molar-refractivity contribution in [1.82, 2.24) is 0 Å². The average Bonchev–Trinajstić information content (AvgIpc) is 2.77. The number of aryl methyl sites for hydroxylation is 1. The number of hydrogen-bond donors (Lipinski definition) is 1. The second kappa shape index (κ2) is 9.94. The lowest BCUT2D eigenvalue weighted by Crippen LogP contribution is -2.13. The maximum absolute atomic E-state index is 12.5. The molecule has 0 bridgehead atoms. The van der Waals surface area contributed by atoms with Crippen LogP contribution in [0.2, 0.25) is 0 Å². The van der Waals surface area contributed by atoms with Gasteiger partial charge < -0.3 is 14.8 Å². The lowest BCUT2D eigenvalue weighted by molar-refractivity contribution is -0.112. The van der Waals surface area contributed by atoms with Gasteiger partial charge in [0.05, 0.1) is 7.11 Å². The fraction of sp³-hybridized carbons (Fsp3) is 0.120. The van der Waals surface area contributed by atoms with E-state index in [-0.39, 0.29) is 5.57 Å². The van der Waals surface area contributed by atoms with Gasteiger partial charge in [0, 0.05) is 5.69 Å². The molecule has 0 saturated carbocycles. The van der Waals surface area contributed by atoms with Crippen LogP contribution in [0.4, 0.5) is 5.69 Å². The molecule has 0 aromatic heterocycles. The van der Waals surface area contributed by atoms with E-state index in [9.17, 15) is 10.1 Å². The predicted octanol–water partition coefficient (Wildman–Crippen LogP) is 5.13. The second-order valence-electron chi connectivity index (χ2n) is 6.68. The summed E-state index contributed by atoms with van der Waals surface area (Å²) >= 11 is 0. The third-order valence-corrected chi connectivity index (χ3v) is 4.38. The van der Waals surface area contributed by atoms with Crippen molar-refractivity contribution < 1.29 is 14.3 Å². The highest BCUT2D eigenvalue weighted by Crippen LogP contribution is 2.29. The molecule has 150 valence electrons. The molecule has 30 heavy (non-hydrogen) atoms. The van der Waals surface area contributed by atoms with E-state index in [4.69, 9.17) is 9.47 Å². The molecule has 0 heterocycles. The Balaban J connectivity index is 1.75. The molecule has 0 unspecified atom stereocenters. The Hall–Kier alpha value is -4.04. The van der Waals surface area contributed by atoms with Crippen molar-refractivity contribution in [3.8, 4) is 17.6 Å². The summed E-state index contributed by atoms with van der Waals surface area (Å²) in [4.78, 5) is 12.5. The van der Waals surface area contributed by atoms with Crippen molar-refractivity contribution in [1.29, 1.82) is 5.26 Å². The maximum atomic E-state index is 12.5. The molecule has 0 spiro atoms. The van der Waals surface area contributed by atoms with E-state index < -0.39 is 5.91 Å². The molecular weight excluding hydrogens is 376 g/mol. The number of methoxy groups -OCH3 is 1. The molecule has 0 radical (unpaired) electrons. The van der Waals surface area contributed by atoms with Gasteiger partial charge in [0.1, 0.15) is 18.2 Å². The third-order valence-electron chi connectivity index (χ3n) is 4.38. The molecule has 0 aliphatic rings. The van der Waals surface area contributed by atoms with E-state index >= 15 is 0 Å². The smallest absolute Gasteiger partial charge is 0.266 e. The fourth-order valence-corrected chi connectivity index (χ4v) is 2.87. The number of rotatable bonds is 7. The minimum atomic E-state index is -0.466. The first-order chi connectivity index (χ1) is 14.6. The molecule has 3 rings (SSSR count). The number of carbonyl (C=O) groups excluding carboxylic acids is 1. The fourth-order valence-electron chi connectivity index (χ4n) is 2.87. The van der Waals surface area contributed by atoms with Crippen LogP contribution in [-0.4, -0.2) is 13.0 Å². The third kappa shape index (κ3) is 5.49. The van der Waals surface area contributed by atoms with Gasteiger partial charge in [-0.05, 0) is 54.0 Å². The summed E-state index contributed by atoms with van der Waals surface area (Å²) in [6.45, 7) is 2.35. The SMILES string of the molecule is COc1cc(/C=C(\C#N)C(=O)Nc2cccc(C)c2)ccc1OCc1ccccc1. The van der Waals surface area contributed by atoms with Crippen LogP contribution in [-0.2, 0) is 11.4 Å². The van der Waals surface area contributed by atoms with Gasteiger partial charge in [-0.3, -0.25) is 4.79 Å². The van der Waals surface area contributed by atoms with Gasteiger partial charge in [-0.1, -0.05) is 48.5 Å². The van der Waals surface area contributed by atoms with Crippen LogP contribution in [0.25, 0.3) is 6.08 Å². The van der Waals surface area contributed by atoms with E-state index in [0.29, 0.717) is 29.4 Å². The Kier molecular flexibility index (Phi) is 6.86. The first-order valence-electron chi connectivity index (χ1n) is 9.43. The van der Waals surface area contributed by atoms with Crippen LogP contribution in [0.15, 0.2) is 78.4 Å². The number of benzene rings is 3. The highest BCUT2D eigenvalue weighted by Gasteiger charge is 2.11. The van der Waals surface area contributed by atoms with Crippen LogP contribution in [0.3, 0.4) is 0 Å². The van der Waals surface area contributed by atoms with E-state index in [0.717, 1.165) is 11.1 Å². The number of amides is 1. The largest absolute Gasteiger partial charge is 0.493 e. The normalized spacial score (nSPS) is 10.8. The molecule has 0 atom stereocenters. The standard InChI is InChI=1S/C25H22N2O3/c1-18-7-6-10-22(13-18)27-25(28)21(16-26)14-20-11-12-23(24(15-20)29-2)30-17-19-8-4-3-5-9-19/h3-15H,17H2,1-2H3,(H,27,28)/b21-14+. The van der Waals surface area contributed by atoms with Gasteiger partial charge in [0.25, 0.3) is 5.91 Å². The van der Waals surface area contributed by atoms with Crippen molar-refractivity contribution in [2.24, 2.45) is 0 Å². The Labute approximate surface area is 176 Å². The van der Waals surface area contributed by atoms with Crippen molar-refractivity contribution >= 4 is 17.7 Å². The minimum absolute atomic E-state index is 0.00323. The zero-order chi connectivity index (χ0) is 21.3. The summed E-state index contributed by atoms with van der Waals surface area (Å²) in [5.74, 6) is 0.642. The second-order valence-corrected chi connectivity index (χ2v) is 6.68. The highest BCUT2D eigenvalue weighted by atomic mass is 16.5. The molecule has 3 aromatic rings. The van der Waals surface area contributed by atoms with Crippen molar-refractivity contribution in [3.05, 3.63) is 95.1 Å². The van der Waals surface area contributed by atoms with E-state index in [1.165, 1.54) is 6.08 Å². The first-order valence-corrected chi connectivity index (χ1v) is 9.43. The van der Waals surface area contributed by atoms with Crippen LogP contribution >= 0.6 is 0 Å². The average molecular weight is 398 g/mol. The quantitative estimate of drug-likeness (QED) is 0.442. The molecule has 0 aliphatic carbocycles.